The number of benzene rings is 8. The number of nitrogens with zero attached hydrogens (tertiary/aromatic N) is 2. The molecular weight excluding hydrogens is 629 g/mol. The second-order valence-electron chi connectivity index (χ2n) is 13.4. The molecule has 0 radical (unpaired) electrons. The third kappa shape index (κ3) is 6.27. The van der Waals surface area contributed by atoms with Gasteiger partial charge in [0.15, 0.2) is 0 Å². The van der Waals surface area contributed by atoms with Crippen molar-refractivity contribution in [2.24, 2.45) is 0 Å². The van der Waals surface area contributed by atoms with Gasteiger partial charge in [0.05, 0.1) is 0 Å². The molecule has 0 heterocycles. The number of rotatable bonds is 8. The van der Waals surface area contributed by atoms with E-state index in [0.29, 0.717) is 5.92 Å². The summed E-state index contributed by atoms with van der Waals surface area (Å²) in [5.41, 5.74) is 10.4. The van der Waals surface area contributed by atoms with Gasteiger partial charge in [-0.05, 0) is 117 Å². The molecule has 2 nitrogen and oxygen atoms in total. The minimum absolute atomic E-state index is 0.410. The highest BCUT2D eigenvalue weighted by Gasteiger charge is 2.18. The highest BCUT2D eigenvalue weighted by atomic mass is 15.2. The lowest BCUT2D eigenvalue weighted by atomic mass is 9.92. The molecule has 8 aromatic rings. The first-order valence-electron chi connectivity index (χ1n) is 18.0. The summed E-state index contributed by atoms with van der Waals surface area (Å²) in [5, 5.41) is 4.90. The fourth-order valence-electron chi connectivity index (χ4n) is 7.41. The van der Waals surface area contributed by atoms with Crippen molar-refractivity contribution >= 4 is 55.7 Å². The van der Waals surface area contributed by atoms with Crippen LogP contribution in [0, 0.1) is 0 Å². The van der Waals surface area contributed by atoms with E-state index in [4.69, 9.17) is 0 Å². The van der Waals surface area contributed by atoms with Gasteiger partial charge >= 0.3 is 0 Å². The number of hydrogen-bond acceptors (Lipinski definition) is 2. The fourth-order valence-corrected chi connectivity index (χ4v) is 7.41. The van der Waals surface area contributed by atoms with E-state index in [1.807, 2.05) is 0 Å². The maximum Gasteiger partial charge on any atom is 0.0468 e. The predicted molar refractivity (Wildman–Crippen MR) is 222 cm³/mol. The number of anilines is 6. The fraction of sp³-hybridized carbons (Fsp3) is 0.0400. The van der Waals surface area contributed by atoms with Gasteiger partial charge in [-0.15, -0.1) is 0 Å². The molecule has 0 amide bonds. The average Bonchev–Trinajstić information content (AvgIpc) is 3.23. The first-order valence-corrected chi connectivity index (χ1v) is 18.0. The standard InChI is InChI=1S/C50H38N2/c1-3-11-37(12-4-1)41-19-25-45(26-20-41)51(46-27-21-42(22-28-46)38-13-5-2-6-14-38)47-31-33-48(34-32-47)52(49-29-23-39-15-7-9-17-43(39)35-49)50-30-24-40-16-8-10-18-44(40)36-50/h1-13,15-36,38H,14H2. The first kappa shape index (κ1) is 31.3. The maximum atomic E-state index is 2.36. The van der Waals surface area contributed by atoms with E-state index >= 15 is 0 Å². The molecule has 0 N–H and O–H groups in total. The Kier molecular flexibility index (Phi) is 8.40. The van der Waals surface area contributed by atoms with Gasteiger partial charge in [0.25, 0.3) is 0 Å². The van der Waals surface area contributed by atoms with Gasteiger partial charge in [0.2, 0.25) is 0 Å². The van der Waals surface area contributed by atoms with Crippen LogP contribution in [0.4, 0.5) is 34.1 Å². The third-order valence-electron chi connectivity index (χ3n) is 10.1. The van der Waals surface area contributed by atoms with Crippen LogP contribution in [0.5, 0.6) is 0 Å². The second kappa shape index (κ2) is 13.9. The maximum absolute atomic E-state index is 2.36. The number of fused-ring (bicyclic) bond motifs is 2. The molecule has 52 heavy (non-hydrogen) atoms. The summed E-state index contributed by atoms with van der Waals surface area (Å²) >= 11 is 0. The summed E-state index contributed by atoms with van der Waals surface area (Å²) in [6.07, 6.45) is 9.87. The van der Waals surface area contributed by atoms with Gasteiger partial charge in [-0.3, -0.25) is 0 Å². The lowest BCUT2D eigenvalue weighted by Crippen LogP contribution is -2.12. The molecule has 1 aliphatic rings. The van der Waals surface area contributed by atoms with Crippen molar-refractivity contribution in [2.45, 2.75) is 12.3 Å². The molecule has 8 aromatic carbocycles. The van der Waals surface area contributed by atoms with Crippen molar-refractivity contribution < 1.29 is 0 Å². The minimum atomic E-state index is 0.410. The van der Waals surface area contributed by atoms with Crippen LogP contribution in [0.3, 0.4) is 0 Å². The Morgan fingerprint density at radius 3 is 1.29 bits per heavy atom. The molecule has 0 saturated heterocycles. The van der Waals surface area contributed by atoms with Crippen molar-refractivity contribution in [3.63, 3.8) is 0 Å². The quantitative estimate of drug-likeness (QED) is 0.159. The first-order chi connectivity index (χ1) is 25.8. The van der Waals surface area contributed by atoms with Crippen molar-refractivity contribution in [1.82, 2.24) is 0 Å². The molecule has 1 unspecified atom stereocenters. The van der Waals surface area contributed by atoms with Gasteiger partial charge < -0.3 is 9.80 Å². The molecule has 9 rings (SSSR count). The summed E-state index contributed by atoms with van der Waals surface area (Å²) < 4.78 is 0. The highest BCUT2D eigenvalue weighted by molar-refractivity contribution is 5.93. The zero-order chi connectivity index (χ0) is 34.7. The Balaban J connectivity index is 1.12. The zero-order valence-corrected chi connectivity index (χ0v) is 28.9. The smallest absolute Gasteiger partial charge is 0.0468 e. The molecule has 1 atom stereocenters. The second-order valence-corrected chi connectivity index (χ2v) is 13.4. The topological polar surface area (TPSA) is 6.48 Å². The zero-order valence-electron chi connectivity index (χ0n) is 28.9. The molecule has 0 saturated carbocycles. The molecule has 1 aliphatic carbocycles. The molecule has 2 heteroatoms. The van der Waals surface area contributed by atoms with E-state index in [1.165, 1.54) is 38.2 Å². The summed E-state index contributed by atoms with van der Waals surface area (Å²) in [5.74, 6) is 0.410. The van der Waals surface area contributed by atoms with Crippen LogP contribution in [-0.4, -0.2) is 0 Å². The minimum Gasteiger partial charge on any atom is -0.311 e. The Bertz CT molecular complexity index is 2450. The van der Waals surface area contributed by atoms with Crippen LogP contribution >= 0.6 is 0 Å². The summed E-state index contributed by atoms with van der Waals surface area (Å²) in [6.45, 7) is 0. The van der Waals surface area contributed by atoms with Crippen LogP contribution in [0.1, 0.15) is 17.9 Å². The summed E-state index contributed by atoms with van der Waals surface area (Å²) in [7, 11) is 0. The Hall–Kier alpha value is -6.64. The third-order valence-corrected chi connectivity index (χ3v) is 10.1. The van der Waals surface area contributed by atoms with Crippen LogP contribution in [0.15, 0.2) is 212 Å². The van der Waals surface area contributed by atoms with Crippen molar-refractivity contribution in [3.8, 4) is 11.1 Å². The largest absolute Gasteiger partial charge is 0.311 e. The summed E-state index contributed by atoms with van der Waals surface area (Å²) in [4.78, 5) is 4.72. The predicted octanol–water partition coefficient (Wildman–Crippen LogP) is 14.2. The van der Waals surface area contributed by atoms with E-state index in [0.717, 1.165) is 40.5 Å². The van der Waals surface area contributed by atoms with E-state index in [9.17, 15) is 0 Å². The number of allylic oxidation sites excluding steroid dienone is 4. The van der Waals surface area contributed by atoms with E-state index in [-0.39, 0.29) is 0 Å². The lowest BCUT2D eigenvalue weighted by Gasteiger charge is -2.29. The molecule has 0 aromatic heterocycles. The number of hydrogen-bond donors (Lipinski definition) is 0. The Labute approximate surface area is 305 Å². The van der Waals surface area contributed by atoms with Crippen LogP contribution in [0.2, 0.25) is 0 Å². The lowest BCUT2D eigenvalue weighted by molar-refractivity contribution is 0.854. The van der Waals surface area contributed by atoms with E-state index in [2.05, 4.69) is 222 Å². The van der Waals surface area contributed by atoms with Gasteiger partial charge in [-0.1, -0.05) is 140 Å². The normalized spacial score (nSPS) is 13.7. The van der Waals surface area contributed by atoms with Gasteiger partial charge in [0, 0.05) is 40.0 Å². The van der Waals surface area contributed by atoms with Crippen molar-refractivity contribution in [3.05, 3.63) is 218 Å². The molecule has 0 bridgehead atoms. The molecular formula is C50H38N2. The van der Waals surface area contributed by atoms with Crippen molar-refractivity contribution in [1.29, 1.82) is 0 Å². The van der Waals surface area contributed by atoms with E-state index in [1.54, 1.807) is 0 Å². The van der Waals surface area contributed by atoms with Crippen LogP contribution < -0.4 is 9.80 Å². The van der Waals surface area contributed by atoms with Gasteiger partial charge in [-0.2, -0.15) is 0 Å². The van der Waals surface area contributed by atoms with Gasteiger partial charge in [-0.25, -0.2) is 0 Å². The molecule has 248 valence electrons. The van der Waals surface area contributed by atoms with Crippen LogP contribution in [-0.2, 0) is 0 Å². The Morgan fingerprint density at radius 1 is 0.346 bits per heavy atom. The SMILES string of the molecule is C1=CCC(c2ccc(N(c3ccc(-c4ccccc4)cc3)c3ccc(N(c4ccc5ccccc5c4)c4ccc5ccccc5c4)cc3)cc2)C=C1. The van der Waals surface area contributed by atoms with Gasteiger partial charge in [0.1, 0.15) is 0 Å². The molecule has 0 spiro atoms. The van der Waals surface area contributed by atoms with Crippen molar-refractivity contribution in [2.75, 3.05) is 9.80 Å². The summed E-state index contributed by atoms with van der Waals surface area (Å²) in [6, 6.07) is 68.2. The average molecular weight is 667 g/mol. The molecule has 0 fully saturated rings. The highest BCUT2D eigenvalue weighted by Crippen LogP contribution is 2.41. The monoisotopic (exact) mass is 666 g/mol. The Morgan fingerprint density at radius 2 is 0.769 bits per heavy atom. The van der Waals surface area contributed by atoms with E-state index < -0.39 is 0 Å². The van der Waals surface area contributed by atoms with Crippen LogP contribution in [0.25, 0.3) is 32.7 Å². The molecule has 0 aliphatic heterocycles.